The van der Waals surface area contributed by atoms with Gasteiger partial charge >= 0.3 is 5.97 Å². The third-order valence-electron chi connectivity index (χ3n) is 2.28. The molecule has 1 aromatic heterocycles. The van der Waals surface area contributed by atoms with E-state index in [0.29, 0.717) is 0 Å². The molecule has 1 aromatic carbocycles. The number of nitrogens with zero attached hydrogens (tertiary/aromatic N) is 2. The van der Waals surface area contributed by atoms with E-state index in [-0.39, 0.29) is 6.42 Å². The molecule has 0 fully saturated rings. The van der Waals surface area contributed by atoms with Gasteiger partial charge in [0.05, 0.1) is 12.1 Å². The van der Waals surface area contributed by atoms with Crippen LogP contribution in [0.3, 0.4) is 0 Å². The standard InChI is InChI=1S/C13H12N2O2S/c16-13(17)7-10-1-3-12(4-2-10)18-9-11-8-14-5-6-15-11/h1-6,8H,7,9H2,(H,16,17). The van der Waals surface area contributed by atoms with Gasteiger partial charge in [-0.1, -0.05) is 12.1 Å². The van der Waals surface area contributed by atoms with Gasteiger partial charge in [-0.3, -0.25) is 14.8 Å². The van der Waals surface area contributed by atoms with Gasteiger partial charge in [0, 0.05) is 29.2 Å². The minimum absolute atomic E-state index is 0.0646. The SMILES string of the molecule is O=C(O)Cc1ccc(SCc2cnccn2)cc1. The van der Waals surface area contributed by atoms with E-state index in [2.05, 4.69) is 9.97 Å². The maximum absolute atomic E-state index is 10.5. The number of carboxylic acid groups (broad SMARTS) is 1. The van der Waals surface area contributed by atoms with E-state index in [4.69, 9.17) is 5.11 Å². The van der Waals surface area contributed by atoms with Crippen LogP contribution in [0.4, 0.5) is 0 Å². The number of thioether (sulfide) groups is 1. The summed E-state index contributed by atoms with van der Waals surface area (Å²) in [5.41, 5.74) is 1.74. The number of carbonyl (C=O) groups is 1. The monoisotopic (exact) mass is 260 g/mol. The van der Waals surface area contributed by atoms with E-state index >= 15 is 0 Å². The van der Waals surface area contributed by atoms with Gasteiger partial charge in [0.1, 0.15) is 0 Å². The molecule has 4 nitrogen and oxygen atoms in total. The molecule has 0 saturated heterocycles. The summed E-state index contributed by atoms with van der Waals surface area (Å²) in [6, 6.07) is 7.54. The fourth-order valence-electron chi connectivity index (χ4n) is 1.44. The quantitative estimate of drug-likeness (QED) is 0.836. The summed E-state index contributed by atoms with van der Waals surface area (Å²) in [6.45, 7) is 0. The summed E-state index contributed by atoms with van der Waals surface area (Å²) < 4.78 is 0. The number of rotatable bonds is 5. The average molecular weight is 260 g/mol. The largest absolute Gasteiger partial charge is 0.481 e. The van der Waals surface area contributed by atoms with Crippen LogP contribution in [0.5, 0.6) is 0 Å². The third-order valence-corrected chi connectivity index (χ3v) is 3.33. The maximum atomic E-state index is 10.5. The van der Waals surface area contributed by atoms with Crippen LogP contribution in [-0.2, 0) is 17.0 Å². The molecule has 0 atom stereocenters. The molecule has 0 bridgehead atoms. The van der Waals surface area contributed by atoms with Crippen molar-refractivity contribution in [1.29, 1.82) is 0 Å². The van der Waals surface area contributed by atoms with Crippen LogP contribution in [0.1, 0.15) is 11.3 Å². The highest BCUT2D eigenvalue weighted by Gasteiger charge is 2.01. The van der Waals surface area contributed by atoms with E-state index in [1.807, 2.05) is 24.3 Å². The Kier molecular flexibility index (Phi) is 4.30. The van der Waals surface area contributed by atoms with Gasteiger partial charge in [-0.05, 0) is 17.7 Å². The highest BCUT2D eigenvalue weighted by molar-refractivity contribution is 7.98. The van der Waals surface area contributed by atoms with Gasteiger partial charge < -0.3 is 5.11 Å². The van der Waals surface area contributed by atoms with Crippen molar-refractivity contribution in [2.75, 3.05) is 0 Å². The molecule has 92 valence electrons. The van der Waals surface area contributed by atoms with Crippen molar-refractivity contribution in [3.8, 4) is 0 Å². The highest BCUT2D eigenvalue weighted by Crippen LogP contribution is 2.21. The minimum atomic E-state index is -0.810. The van der Waals surface area contributed by atoms with Crippen LogP contribution >= 0.6 is 11.8 Å². The second-order valence-electron chi connectivity index (χ2n) is 3.70. The van der Waals surface area contributed by atoms with Gasteiger partial charge in [0.25, 0.3) is 0 Å². The molecule has 0 amide bonds. The zero-order chi connectivity index (χ0) is 12.8. The van der Waals surface area contributed by atoms with Crippen LogP contribution < -0.4 is 0 Å². The van der Waals surface area contributed by atoms with E-state index in [0.717, 1.165) is 21.9 Å². The minimum Gasteiger partial charge on any atom is -0.481 e. The normalized spacial score (nSPS) is 10.2. The Morgan fingerprint density at radius 3 is 2.61 bits per heavy atom. The van der Waals surface area contributed by atoms with Crippen molar-refractivity contribution in [2.24, 2.45) is 0 Å². The summed E-state index contributed by atoms with van der Waals surface area (Å²) in [5, 5.41) is 8.67. The van der Waals surface area contributed by atoms with E-state index in [1.54, 1.807) is 30.4 Å². The molecular weight excluding hydrogens is 248 g/mol. The van der Waals surface area contributed by atoms with Gasteiger partial charge in [0.15, 0.2) is 0 Å². The number of benzene rings is 1. The Bertz CT molecular complexity index is 514. The summed E-state index contributed by atoms with van der Waals surface area (Å²) in [4.78, 5) is 19.8. The van der Waals surface area contributed by atoms with Crippen LogP contribution in [0.2, 0.25) is 0 Å². The fourth-order valence-corrected chi connectivity index (χ4v) is 2.23. The van der Waals surface area contributed by atoms with Gasteiger partial charge in [-0.25, -0.2) is 0 Å². The zero-order valence-corrected chi connectivity index (χ0v) is 10.4. The van der Waals surface area contributed by atoms with Crippen molar-refractivity contribution in [3.63, 3.8) is 0 Å². The lowest BCUT2D eigenvalue weighted by atomic mass is 10.2. The van der Waals surface area contributed by atoms with Crippen LogP contribution in [0.25, 0.3) is 0 Å². The molecule has 0 aliphatic carbocycles. The molecule has 0 aliphatic rings. The van der Waals surface area contributed by atoms with Crippen molar-refractivity contribution in [1.82, 2.24) is 9.97 Å². The van der Waals surface area contributed by atoms with Gasteiger partial charge in [0.2, 0.25) is 0 Å². The summed E-state index contributed by atoms with van der Waals surface area (Å²) >= 11 is 1.65. The lowest BCUT2D eigenvalue weighted by Gasteiger charge is -2.02. The van der Waals surface area contributed by atoms with Crippen LogP contribution in [0, 0.1) is 0 Å². The first-order valence-corrected chi connectivity index (χ1v) is 6.41. The Balaban J connectivity index is 1.92. The topological polar surface area (TPSA) is 63.1 Å². The molecular formula is C13H12N2O2S. The van der Waals surface area contributed by atoms with Crippen LogP contribution in [-0.4, -0.2) is 21.0 Å². The number of aromatic nitrogens is 2. The molecule has 0 unspecified atom stereocenters. The molecule has 0 saturated carbocycles. The Hall–Kier alpha value is -1.88. The van der Waals surface area contributed by atoms with Crippen molar-refractivity contribution in [2.45, 2.75) is 17.1 Å². The molecule has 1 N–H and O–H groups in total. The fraction of sp³-hybridized carbons (Fsp3) is 0.154. The predicted molar refractivity (Wildman–Crippen MR) is 69.4 cm³/mol. The van der Waals surface area contributed by atoms with E-state index in [1.165, 1.54) is 0 Å². The summed E-state index contributed by atoms with van der Waals surface area (Å²) in [5.74, 6) is -0.0542. The third kappa shape index (κ3) is 3.85. The number of hydrogen-bond donors (Lipinski definition) is 1. The Labute approximate surface area is 109 Å². The van der Waals surface area contributed by atoms with Gasteiger partial charge in [-0.15, -0.1) is 11.8 Å². The molecule has 2 aromatic rings. The lowest BCUT2D eigenvalue weighted by Crippen LogP contribution is -1.99. The smallest absolute Gasteiger partial charge is 0.307 e. The lowest BCUT2D eigenvalue weighted by molar-refractivity contribution is -0.136. The molecule has 2 rings (SSSR count). The molecule has 0 spiro atoms. The van der Waals surface area contributed by atoms with Crippen LogP contribution in [0.15, 0.2) is 47.8 Å². The summed E-state index contributed by atoms with van der Waals surface area (Å²) in [7, 11) is 0. The van der Waals surface area contributed by atoms with E-state index < -0.39 is 5.97 Å². The highest BCUT2D eigenvalue weighted by atomic mass is 32.2. The zero-order valence-electron chi connectivity index (χ0n) is 9.61. The summed E-state index contributed by atoms with van der Waals surface area (Å²) in [6.07, 6.45) is 5.13. The number of hydrogen-bond acceptors (Lipinski definition) is 4. The van der Waals surface area contributed by atoms with Gasteiger partial charge in [-0.2, -0.15) is 0 Å². The first-order chi connectivity index (χ1) is 8.74. The number of carboxylic acids is 1. The van der Waals surface area contributed by atoms with E-state index in [9.17, 15) is 4.79 Å². The molecule has 18 heavy (non-hydrogen) atoms. The molecule has 5 heteroatoms. The first-order valence-electron chi connectivity index (χ1n) is 5.42. The second kappa shape index (κ2) is 6.16. The molecule has 1 heterocycles. The van der Waals surface area contributed by atoms with Crippen molar-refractivity contribution in [3.05, 3.63) is 54.1 Å². The predicted octanol–water partition coefficient (Wildman–Crippen LogP) is 2.40. The second-order valence-corrected chi connectivity index (χ2v) is 4.75. The Morgan fingerprint density at radius 1 is 1.22 bits per heavy atom. The average Bonchev–Trinajstić information content (AvgIpc) is 2.38. The maximum Gasteiger partial charge on any atom is 0.307 e. The first kappa shape index (κ1) is 12.6. The Morgan fingerprint density at radius 2 is 2.00 bits per heavy atom. The molecule has 0 aliphatic heterocycles. The molecule has 0 radical (unpaired) electrons. The van der Waals surface area contributed by atoms with Crippen molar-refractivity contribution >= 4 is 17.7 Å². The number of aliphatic carboxylic acids is 1. The van der Waals surface area contributed by atoms with Crippen molar-refractivity contribution < 1.29 is 9.90 Å².